The molecule has 0 amide bonds. The Balaban J connectivity index is 2.03. The summed E-state index contributed by atoms with van der Waals surface area (Å²) in [5.41, 5.74) is 5.62. The number of hydrogen-bond donors (Lipinski definition) is 3. The third-order valence-electron chi connectivity index (χ3n) is 3.75. The molecule has 0 aliphatic heterocycles. The number of aromatic amines is 2. The molecular formula is C14H11N3O2. The fourth-order valence-corrected chi connectivity index (χ4v) is 2.82. The lowest BCUT2D eigenvalue weighted by Crippen LogP contribution is -2.01. The Morgan fingerprint density at radius 1 is 1.32 bits per heavy atom. The molecule has 1 aliphatic rings. The fraction of sp³-hybridized carbons (Fsp3) is 0.143. The molecule has 5 nitrogen and oxygen atoms in total. The number of fused-ring (bicyclic) bond motifs is 5. The highest BCUT2D eigenvalue weighted by atomic mass is 16.4. The Morgan fingerprint density at radius 3 is 3.05 bits per heavy atom. The second kappa shape index (κ2) is 3.47. The lowest BCUT2D eigenvalue weighted by atomic mass is 9.94. The van der Waals surface area contributed by atoms with Gasteiger partial charge in [0, 0.05) is 17.1 Å². The van der Waals surface area contributed by atoms with Crippen LogP contribution >= 0.6 is 0 Å². The van der Waals surface area contributed by atoms with Crippen molar-refractivity contribution >= 4 is 16.9 Å². The number of aromatic nitrogens is 3. The van der Waals surface area contributed by atoms with Crippen LogP contribution in [0.4, 0.5) is 0 Å². The Kier molecular flexibility index (Phi) is 1.90. The van der Waals surface area contributed by atoms with E-state index in [2.05, 4.69) is 15.2 Å². The number of H-pyrrole nitrogens is 2. The summed E-state index contributed by atoms with van der Waals surface area (Å²) >= 11 is 0. The van der Waals surface area contributed by atoms with Gasteiger partial charge in [0.15, 0.2) is 0 Å². The van der Waals surface area contributed by atoms with E-state index in [-0.39, 0.29) is 0 Å². The maximum absolute atomic E-state index is 11.1. The highest BCUT2D eigenvalue weighted by Crippen LogP contribution is 2.36. The third kappa shape index (κ3) is 1.35. The summed E-state index contributed by atoms with van der Waals surface area (Å²) in [5, 5.41) is 17.2. The van der Waals surface area contributed by atoms with Gasteiger partial charge in [0.05, 0.1) is 11.3 Å². The standard InChI is InChI=1S/C14H11N3O2/c18-14(19)7-2-4-11-10(5-7)9-3-1-8-6-15-17-12(8)13(9)16-11/h2,4-6,16H,1,3H2,(H,15,17)(H,18,19). The molecule has 1 aliphatic carbocycles. The van der Waals surface area contributed by atoms with Gasteiger partial charge >= 0.3 is 5.97 Å². The summed E-state index contributed by atoms with van der Waals surface area (Å²) in [6, 6.07) is 5.19. The normalized spacial score (nSPS) is 13.3. The van der Waals surface area contributed by atoms with E-state index in [0.717, 1.165) is 40.7 Å². The quantitative estimate of drug-likeness (QED) is 0.622. The predicted molar refractivity (Wildman–Crippen MR) is 70.2 cm³/mol. The summed E-state index contributed by atoms with van der Waals surface area (Å²) < 4.78 is 0. The number of carboxylic acids is 1. The van der Waals surface area contributed by atoms with Gasteiger partial charge in [-0.25, -0.2) is 4.79 Å². The first-order valence-electron chi connectivity index (χ1n) is 6.15. The molecule has 0 bridgehead atoms. The zero-order valence-corrected chi connectivity index (χ0v) is 10.0. The Morgan fingerprint density at radius 2 is 2.21 bits per heavy atom. The lowest BCUT2D eigenvalue weighted by Gasteiger charge is -2.10. The van der Waals surface area contributed by atoms with Crippen molar-refractivity contribution in [3.05, 3.63) is 41.1 Å². The highest BCUT2D eigenvalue weighted by molar-refractivity contribution is 5.97. The van der Waals surface area contributed by atoms with Gasteiger partial charge in [-0.1, -0.05) is 0 Å². The molecule has 0 radical (unpaired) electrons. The minimum atomic E-state index is -0.895. The second-order valence-corrected chi connectivity index (χ2v) is 4.80. The van der Waals surface area contributed by atoms with Gasteiger partial charge in [0.25, 0.3) is 0 Å². The number of rotatable bonds is 1. The smallest absolute Gasteiger partial charge is 0.335 e. The Hall–Kier alpha value is -2.56. The molecule has 1 aromatic carbocycles. The van der Waals surface area contributed by atoms with Crippen LogP contribution in [0.3, 0.4) is 0 Å². The van der Waals surface area contributed by atoms with Crippen LogP contribution in [-0.4, -0.2) is 26.3 Å². The average Bonchev–Trinajstić information content (AvgIpc) is 3.01. The van der Waals surface area contributed by atoms with Crippen LogP contribution in [0, 0.1) is 0 Å². The molecule has 2 aromatic heterocycles. The molecular weight excluding hydrogens is 242 g/mol. The average molecular weight is 253 g/mol. The fourth-order valence-electron chi connectivity index (χ4n) is 2.82. The molecule has 0 spiro atoms. The van der Waals surface area contributed by atoms with E-state index in [9.17, 15) is 4.79 Å². The molecule has 0 atom stereocenters. The Labute approximate surface area is 108 Å². The number of hydrogen-bond acceptors (Lipinski definition) is 2. The number of aromatic carboxylic acids is 1. The molecule has 0 unspecified atom stereocenters. The van der Waals surface area contributed by atoms with Crippen LogP contribution in [-0.2, 0) is 12.8 Å². The van der Waals surface area contributed by atoms with Crippen LogP contribution in [0.5, 0.6) is 0 Å². The first-order valence-corrected chi connectivity index (χ1v) is 6.15. The molecule has 4 rings (SSSR count). The van der Waals surface area contributed by atoms with Gasteiger partial charge in [-0.15, -0.1) is 0 Å². The molecule has 0 saturated carbocycles. The minimum Gasteiger partial charge on any atom is -0.478 e. The summed E-state index contributed by atoms with van der Waals surface area (Å²) in [4.78, 5) is 14.4. The third-order valence-corrected chi connectivity index (χ3v) is 3.75. The van der Waals surface area contributed by atoms with Gasteiger partial charge < -0.3 is 10.1 Å². The summed E-state index contributed by atoms with van der Waals surface area (Å²) in [5.74, 6) is -0.895. The topological polar surface area (TPSA) is 81.8 Å². The van der Waals surface area contributed by atoms with Gasteiger partial charge in [-0.3, -0.25) is 5.10 Å². The lowest BCUT2D eigenvalue weighted by molar-refractivity contribution is 0.0697. The predicted octanol–water partition coefficient (Wildman–Crippen LogP) is 2.35. The van der Waals surface area contributed by atoms with E-state index < -0.39 is 5.97 Å². The molecule has 3 aromatic rings. The SMILES string of the molecule is O=C(O)c1ccc2[nH]c3c(c2c1)CCc1c[nH]nc1-3. The van der Waals surface area contributed by atoms with Crippen molar-refractivity contribution in [2.75, 3.05) is 0 Å². The van der Waals surface area contributed by atoms with Crippen molar-refractivity contribution in [2.45, 2.75) is 12.8 Å². The van der Waals surface area contributed by atoms with Crippen LogP contribution in [0.25, 0.3) is 22.3 Å². The van der Waals surface area contributed by atoms with Gasteiger partial charge in [-0.05, 0) is 42.2 Å². The monoisotopic (exact) mass is 253 g/mol. The maximum atomic E-state index is 11.1. The molecule has 5 heteroatoms. The largest absolute Gasteiger partial charge is 0.478 e. The number of nitrogens with zero attached hydrogens (tertiary/aromatic N) is 1. The van der Waals surface area contributed by atoms with Gasteiger partial charge in [0.2, 0.25) is 0 Å². The minimum absolute atomic E-state index is 0.321. The summed E-state index contributed by atoms with van der Waals surface area (Å²) in [7, 11) is 0. The molecule has 2 heterocycles. The van der Waals surface area contributed by atoms with Gasteiger partial charge in [-0.2, -0.15) is 5.10 Å². The maximum Gasteiger partial charge on any atom is 0.335 e. The first-order chi connectivity index (χ1) is 9.24. The second-order valence-electron chi connectivity index (χ2n) is 4.80. The van der Waals surface area contributed by atoms with E-state index in [0.29, 0.717) is 5.56 Å². The van der Waals surface area contributed by atoms with E-state index in [1.165, 1.54) is 5.56 Å². The molecule has 3 N–H and O–H groups in total. The van der Waals surface area contributed by atoms with Crippen LogP contribution in [0.15, 0.2) is 24.4 Å². The van der Waals surface area contributed by atoms with Crippen molar-refractivity contribution < 1.29 is 9.90 Å². The molecule has 19 heavy (non-hydrogen) atoms. The summed E-state index contributed by atoms with van der Waals surface area (Å²) in [6.07, 6.45) is 3.76. The zero-order valence-electron chi connectivity index (χ0n) is 10.0. The number of benzene rings is 1. The van der Waals surface area contributed by atoms with E-state index in [4.69, 9.17) is 5.11 Å². The van der Waals surface area contributed by atoms with Crippen LogP contribution in [0.1, 0.15) is 21.5 Å². The number of carboxylic acid groups (broad SMARTS) is 1. The first kappa shape index (κ1) is 10.4. The van der Waals surface area contributed by atoms with Gasteiger partial charge in [0.1, 0.15) is 5.69 Å². The van der Waals surface area contributed by atoms with Crippen molar-refractivity contribution in [1.82, 2.24) is 15.2 Å². The molecule has 94 valence electrons. The van der Waals surface area contributed by atoms with Crippen molar-refractivity contribution in [3.63, 3.8) is 0 Å². The summed E-state index contributed by atoms with van der Waals surface area (Å²) in [6.45, 7) is 0. The van der Waals surface area contributed by atoms with Crippen molar-refractivity contribution in [3.8, 4) is 11.4 Å². The van der Waals surface area contributed by atoms with E-state index >= 15 is 0 Å². The molecule has 0 saturated heterocycles. The number of aryl methyl sites for hydroxylation is 2. The van der Waals surface area contributed by atoms with E-state index in [1.54, 1.807) is 12.1 Å². The highest BCUT2D eigenvalue weighted by Gasteiger charge is 2.23. The molecule has 0 fully saturated rings. The Bertz CT molecular complexity index is 813. The zero-order chi connectivity index (χ0) is 13.0. The van der Waals surface area contributed by atoms with Crippen molar-refractivity contribution in [2.24, 2.45) is 0 Å². The van der Waals surface area contributed by atoms with E-state index in [1.807, 2.05) is 12.3 Å². The number of nitrogens with one attached hydrogen (secondary N) is 2. The van der Waals surface area contributed by atoms with Crippen LogP contribution < -0.4 is 0 Å². The van der Waals surface area contributed by atoms with Crippen LogP contribution in [0.2, 0.25) is 0 Å². The number of carbonyl (C=O) groups is 1. The van der Waals surface area contributed by atoms with Crippen molar-refractivity contribution in [1.29, 1.82) is 0 Å².